The van der Waals surface area contributed by atoms with E-state index in [9.17, 15) is 5.11 Å². The van der Waals surface area contributed by atoms with Gasteiger partial charge < -0.3 is 10.8 Å². The van der Waals surface area contributed by atoms with Crippen LogP contribution >= 0.6 is 0 Å². The number of nitrogen functional groups attached to an aromatic ring is 1. The van der Waals surface area contributed by atoms with Crippen LogP contribution in [0, 0.1) is 6.92 Å². The van der Waals surface area contributed by atoms with Crippen molar-refractivity contribution in [1.29, 1.82) is 0 Å². The highest BCUT2D eigenvalue weighted by Gasteiger charge is 2.08. The molecular formula is C12H15N3O. The van der Waals surface area contributed by atoms with Crippen molar-refractivity contribution in [3.05, 3.63) is 47.8 Å². The molecule has 0 amide bonds. The molecule has 0 spiro atoms. The summed E-state index contributed by atoms with van der Waals surface area (Å²) in [5.74, 6) is 0. The number of rotatable bonds is 3. The van der Waals surface area contributed by atoms with Crippen LogP contribution in [0.1, 0.15) is 17.2 Å². The van der Waals surface area contributed by atoms with Crippen molar-refractivity contribution in [1.82, 2.24) is 9.78 Å². The molecule has 16 heavy (non-hydrogen) atoms. The average Bonchev–Trinajstić information content (AvgIpc) is 2.64. The van der Waals surface area contributed by atoms with Gasteiger partial charge in [-0.1, -0.05) is 12.1 Å². The Labute approximate surface area is 94.3 Å². The molecule has 0 aliphatic carbocycles. The molecule has 0 bridgehead atoms. The van der Waals surface area contributed by atoms with E-state index >= 15 is 0 Å². The van der Waals surface area contributed by atoms with Crippen molar-refractivity contribution in [3.63, 3.8) is 0 Å². The van der Waals surface area contributed by atoms with Gasteiger partial charge in [-0.2, -0.15) is 5.10 Å². The summed E-state index contributed by atoms with van der Waals surface area (Å²) in [7, 11) is 0. The molecule has 0 saturated heterocycles. The Hall–Kier alpha value is -1.81. The highest BCUT2D eigenvalue weighted by atomic mass is 16.3. The minimum Gasteiger partial charge on any atom is -0.399 e. The van der Waals surface area contributed by atoms with Crippen LogP contribution in [-0.4, -0.2) is 14.9 Å². The van der Waals surface area contributed by atoms with Crippen LogP contribution in [-0.2, 0) is 6.54 Å². The number of aliphatic hydroxyl groups excluding tert-OH is 1. The largest absolute Gasteiger partial charge is 0.399 e. The molecule has 4 heteroatoms. The Morgan fingerprint density at radius 1 is 1.50 bits per heavy atom. The average molecular weight is 217 g/mol. The van der Waals surface area contributed by atoms with Gasteiger partial charge in [0.2, 0.25) is 0 Å². The number of anilines is 1. The molecule has 1 unspecified atom stereocenters. The number of aromatic nitrogens is 2. The second-order valence-electron chi connectivity index (χ2n) is 3.93. The van der Waals surface area contributed by atoms with Crippen molar-refractivity contribution in [3.8, 4) is 0 Å². The van der Waals surface area contributed by atoms with Crippen molar-refractivity contribution in [2.75, 3.05) is 5.73 Å². The minimum absolute atomic E-state index is 0.442. The van der Waals surface area contributed by atoms with Crippen LogP contribution in [0.2, 0.25) is 0 Å². The maximum absolute atomic E-state index is 9.99. The summed E-state index contributed by atoms with van der Waals surface area (Å²) in [4.78, 5) is 0. The summed E-state index contributed by atoms with van der Waals surface area (Å²) in [6.45, 7) is 2.41. The zero-order valence-electron chi connectivity index (χ0n) is 9.17. The maximum atomic E-state index is 9.99. The summed E-state index contributed by atoms with van der Waals surface area (Å²) in [6, 6.07) is 7.27. The van der Waals surface area contributed by atoms with Crippen molar-refractivity contribution >= 4 is 5.69 Å². The highest BCUT2D eigenvalue weighted by Crippen LogP contribution is 2.17. The van der Waals surface area contributed by atoms with E-state index in [0.29, 0.717) is 12.2 Å². The number of nitrogens with two attached hydrogens (primary N) is 1. The number of hydrogen-bond acceptors (Lipinski definition) is 3. The molecule has 1 heterocycles. The molecule has 0 radical (unpaired) electrons. The molecule has 2 rings (SSSR count). The molecule has 1 aromatic carbocycles. The van der Waals surface area contributed by atoms with Gasteiger partial charge in [0.1, 0.15) is 0 Å². The summed E-state index contributed by atoms with van der Waals surface area (Å²) in [5, 5.41) is 14.1. The molecule has 84 valence electrons. The fourth-order valence-electron chi connectivity index (χ4n) is 1.62. The quantitative estimate of drug-likeness (QED) is 0.766. The first-order chi connectivity index (χ1) is 7.65. The van der Waals surface area contributed by atoms with E-state index < -0.39 is 6.10 Å². The van der Waals surface area contributed by atoms with Gasteiger partial charge >= 0.3 is 0 Å². The predicted molar refractivity (Wildman–Crippen MR) is 62.8 cm³/mol. The van der Waals surface area contributed by atoms with Crippen LogP contribution < -0.4 is 5.73 Å². The van der Waals surface area contributed by atoms with Gasteiger partial charge in [-0.05, 0) is 30.2 Å². The van der Waals surface area contributed by atoms with E-state index in [-0.39, 0.29) is 0 Å². The van der Waals surface area contributed by atoms with Crippen LogP contribution in [0.5, 0.6) is 0 Å². The lowest BCUT2D eigenvalue weighted by molar-refractivity contribution is 0.151. The van der Waals surface area contributed by atoms with Crippen LogP contribution in [0.3, 0.4) is 0 Å². The Morgan fingerprint density at radius 2 is 2.31 bits per heavy atom. The van der Waals surface area contributed by atoms with Gasteiger partial charge in [0, 0.05) is 11.9 Å². The van der Waals surface area contributed by atoms with Gasteiger partial charge in [0.15, 0.2) is 0 Å². The Bertz CT molecular complexity index is 479. The molecule has 1 aromatic heterocycles. The van der Waals surface area contributed by atoms with Crippen molar-refractivity contribution < 1.29 is 5.11 Å². The van der Waals surface area contributed by atoms with Gasteiger partial charge in [0.05, 0.1) is 18.8 Å². The first-order valence-corrected chi connectivity index (χ1v) is 5.18. The monoisotopic (exact) mass is 217 g/mol. The number of aryl methyl sites for hydroxylation is 1. The van der Waals surface area contributed by atoms with E-state index in [1.165, 1.54) is 0 Å². The standard InChI is InChI=1S/C12H15N3O/c1-9-6-14-15(7-9)8-12(16)10-3-2-4-11(13)5-10/h2-7,12,16H,8,13H2,1H3. The number of benzene rings is 1. The molecule has 0 aliphatic heterocycles. The first kappa shape index (κ1) is 10.7. The molecule has 0 aliphatic rings. The molecule has 0 saturated carbocycles. The zero-order chi connectivity index (χ0) is 11.5. The Kier molecular flexibility index (Phi) is 2.92. The number of hydrogen-bond donors (Lipinski definition) is 2. The zero-order valence-corrected chi connectivity index (χ0v) is 9.17. The van der Waals surface area contributed by atoms with Gasteiger partial charge in [-0.15, -0.1) is 0 Å². The van der Waals surface area contributed by atoms with E-state index in [0.717, 1.165) is 11.1 Å². The van der Waals surface area contributed by atoms with Crippen molar-refractivity contribution in [2.24, 2.45) is 0 Å². The van der Waals surface area contributed by atoms with E-state index in [2.05, 4.69) is 5.10 Å². The third-order valence-electron chi connectivity index (χ3n) is 2.42. The number of nitrogens with zero attached hydrogens (tertiary/aromatic N) is 2. The summed E-state index contributed by atoms with van der Waals surface area (Å²) in [6.07, 6.45) is 3.09. The van der Waals surface area contributed by atoms with Crippen LogP contribution in [0.4, 0.5) is 5.69 Å². The first-order valence-electron chi connectivity index (χ1n) is 5.18. The van der Waals surface area contributed by atoms with Gasteiger partial charge in [-0.25, -0.2) is 0 Å². The van der Waals surface area contributed by atoms with Crippen molar-refractivity contribution in [2.45, 2.75) is 19.6 Å². The molecular weight excluding hydrogens is 202 g/mol. The summed E-state index contributed by atoms with van der Waals surface area (Å²) < 4.78 is 1.73. The van der Waals surface area contributed by atoms with E-state index in [1.54, 1.807) is 23.0 Å². The summed E-state index contributed by atoms with van der Waals surface area (Å²) in [5.41, 5.74) is 8.22. The second-order valence-corrected chi connectivity index (χ2v) is 3.93. The summed E-state index contributed by atoms with van der Waals surface area (Å²) >= 11 is 0. The highest BCUT2D eigenvalue weighted by molar-refractivity contribution is 5.41. The topological polar surface area (TPSA) is 64.1 Å². The maximum Gasteiger partial charge on any atom is 0.0986 e. The molecule has 0 fully saturated rings. The lowest BCUT2D eigenvalue weighted by atomic mass is 10.1. The molecule has 1 atom stereocenters. The van der Waals surface area contributed by atoms with Gasteiger partial charge in [-0.3, -0.25) is 4.68 Å². The lowest BCUT2D eigenvalue weighted by Crippen LogP contribution is -2.09. The predicted octanol–water partition coefficient (Wildman–Crippen LogP) is 1.51. The third kappa shape index (κ3) is 2.41. The second kappa shape index (κ2) is 4.37. The van der Waals surface area contributed by atoms with Crippen LogP contribution in [0.15, 0.2) is 36.7 Å². The van der Waals surface area contributed by atoms with Gasteiger partial charge in [0.25, 0.3) is 0 Å². The van der Waals surface area contributed by atoms with E-state index in [4.69, 9.17) is 5.73 Å². The third-order valence-corrected chi connectivity index (χ3v) is 2.42. The fraction of sp³-hybridized carbons (Fsp3) is 0.250. The molecule has 3 N–H and O–H groups in total. The lowest BCUT2D eigenvalue weighted by Gasteiger charge is -2.11. The smallest absolute Gasteiger partial charge is 0.0986 e. The minimum atomic E-state index is -0.581. The normalized spacial score (nSPS) is 12.6. The Morgan fingerprint density at radius 3 is 2.94 bits per heavy atom. The fourth-order valence-corrected chi connectivity index (χ4v) is 1.62. The SMILES string of the molecule is Cc1cnn(CC(O)c2cccc(N)c2)c1. The molecule has 4 nitrogen and oxygen atoms in total. The van der Waals surface area contributed by atoms with E-state index in [1.807, 2.05) is 25.3 Å². The molecule has 2 aromatic rings. The Balaban J connectivity index is 2.11. The number of aliphatic hydroxyl groups is 1. The van der Waals surface area contributed by atoms with Crippen LogP contribution in [0.25, 0.3) is 0 Å².